The molecule has 1 fully saturated rings. The third-order valence-corrected chi connectivity index (χ3v) is 6.57. The topological polar surface area (TPSA) is 95.0 Å². The molecule has 2 N–H and O–H groups in total. The Morgan fingerprint density at radius 3 is 2.47 bits per heavy atom. The van der Waals surface area contributed by atoms with Gasteiger partial charge in [0.25, 0.3) is 5.91 Å². The first kappa shape index (κ1) is 22.3. The lowest BCUT2D eigenvalue weighted by Gasteiger charge is -2.33. The molecule has 1 atom stereocenters. The predicted octanol–water partition coefficient (Wildman–Crippen LogP) is 4.63. The maximum atomic E-state index is 12.9. The highest BCUT2D eigenvalue weighted by Crippen LogP contribution is 2.39. The van der Waals surface area contributed by atoms with E-state index in [9.17, 15) is 9.90 Å². The molecule has 0 radical (unpaired) electrons. The second-order valence-corrected chi connectivity index (χ2v) is 8.81. The van der Waals surface area contributed by atoms with Crippen LogP contribution in [0.2, 0.25) is 5.02 Å². The van der Waals surface area contributed by atoms with Crippen molar-refractivity contribution in [1.29, 1.82) is 0 Å². The zero-order chi connectivity index (χ0) is 23.5. The Kier molecular flexibility index (Phi) is 6.38. The van der Waals surface area contributed by atoms with Crippen LogP contribution in [-0.4, -0.2) is 49.2 Å². The lowest BCUT2D eigenvalue weighted by molar-refractivity contribution is -0.141. The predicted molar refractivity (Wildman–Crippen MR) is 130 cm³/mol. The van der Waals surface area contributed by atoms with Gasteiger partial charge in [-0.2, -0.15) is 5.10 Å². The van der Waals surface area contributed by atoms with Gasteiger partial charge >= 0.3 is 0 Å². The van der Waals surface area contributed by atoms with Crippen LogP contribution in [0.4, 0.5) is 0 Å². The zero-order valence-electron chi connectivity index (χ0n) is 18.4. The lowest BCUT2D eigenvalue weighted by atomic mass is 9.88. The fraction of sp³-hybridized carbons (Fsp3) is 0.231. The molecule has 1 saturated heterocycles. The van der Waals surface area contributed by atoms with Crippen molar-refractivity contribution in [1.82, 2.24) is 25.1 Å². The monoisotopic (exact) mass is 473 g/mol. The maximum Gasteiger partial charge on any atom is 0.256 e. The summed E-state index contributed by atoms with van der Waals surface area (Å²) in [5.74, 6) is -0.0800. The summed E-state index contributed by atoms with van der Waals surface area (Å²) in [6.45, 7) is 1.12. The van der Waals surface area contributed by atoms with Crippen LogP contribution < -0.4 is 0 Å². The van der Waals surface area contributed by atoms with Crippen molar-refractivity contribution in [3.05, 3.63) is 89.5 Å². The van der Waals surface area contributed by atoms with Gasteiger partial charge in [0.2, 0.25) is 0 Å². The molecule has 1 amide bonds. The number of aliphatic hydroxyl groups is 1. The highest BCUT2D eigenvalue weighted by atomic mass is 35.5. The zero-order valence-corrected chi connectivity index (χ0v) is 19.2. The smallest absolute Gasteiger partial charge is 0.256 e. The number of nitrogens with zero attached hydrogens (tertiary/aromatic N) is 4. The van der Waals surface area contributed by atoms with Crippen molar-refractivity contribution in [3.63, 3.8) is 0 Å². The summed E-state index contributed by atoms with van der Waals surface area (Å²) in [4.78, 5) is 23.2. The van der Waals surface area contributed by atoms with Crippen LogP contribution in [0, 0.1) is 0 Å². The molecule has 2 aromatic heterocycles. The molecule has 8 heteroatoms. The summed E-state index contributed by atoms with van der Waals surface area (Å²) in [5, 5.41) is 19.1. The van der Waals surface area contributed by atoms with Gasteiger partial charge in [0, 0.05) is 47.0 Å². The van der Waals surface area contributed by atoms with Crippen LogP contribution in [0.3, 0.4) is 0 Å². The van der Waals surface area contributed by atoms with Crippen molar-refractivity contribution in [2.24, 2.45) is 0 Å². The van der Waals surface area contributed by atoms with Gasteiger partial charge in [-0.1, -0.05) is 54.1 Å². The van der Waals surface area contributed by atoms with Crippen LogP contribution in [0.5, 0.6) is 0 Å². The fourth-order valence-corrected chi connectivity index (χ4v) is 4.63. The molecule has 1 aliphatic rings. The Hall–Kier alpha value is -3.55. The molecule has 0 saturated carbocycles. The molecule has 172 valence electrons. The summed E-state index contributed by atoms with van der Waals surface area (Å²) >= 11 is 6.08. The SMILES string of the molecule is O=C([C@H](O)c1ccccc1)N1CCC(c2[nH]nc(-c3ccc(Cl)cc3)c2-c2ccncn2)CC1. The van der Waals surface area contributed by atoms with Crippen molar-refractivity contribution in [3.8, 4) is 22.5 Å². The number of amides is 1. The number of aromatic amines is 1. The second-order valence-electron chi connectivity index (χ2n) is 8.38. The van der Waals surface area contributed by atoms with Crippen LogP contribution in [0.1, 0.15) is 36.1 Å². The third kappa shape index (κ3) is 4.44. The van der Waals surface area contributed by atoms with Gasteiger partial charge in [0.05, 0.1) is 5.69 Å². The molecule has 7 nitrogen and oxygen atoms in total. The molecule has 4 aromatic rings. The van der Waals surface area contributed by atoms with Gasteiger partial charge in [-0.05, 0) is 36.6 Å². The number of carbonyl (C=O) groups is 1. The van der Waals surface area contributed by atoms with Crippen LogP contribution >= 0.6 is 11.6 Å². The van der Waals surface area contributed by atoms with Crippen molar-refractivity contribution < 1.29 is 9.90 Å². The van der Waals surface area contributed by atoms with Crippen molar-refractivity contribution in [2.45, 2.75) is 24.9 Å². The minimum atomic E-state index is -1.14. The molecule has 0 bridgehead atoms. The average molecular weight is 474 g/mol. The lowest BCUT2D eigenvalue weighted by Crippen LogP contribution is -2.40. The van der Waals surface area contributed by atoms with Gasteiger partial charge < -0.3 is 10.0 Å². The Labute approximate surface area is 202 Å². The van der Waals surface area contributed by atoms with E-state index in [1.54, 1.807) is 23.2 Å². The summed E-state index contributed by atoms with van der Waals surface area (Å²) in [5.41, 5.74) is 5.10. The summed E-state index contributed by atoms with van der Waals surface area (Å²) in [6.07, 6.45) is 3.63. The molecule has 0 unspecified atom stereocenters. The van der Waals surface area contributed by atoms with E-state index in [0.29, 0.717) is 23.7 Å². The van der Waals surface area contributed by atoms with Gasteiger partial charge in [-0.25, -0.2) is 9.97 Å². The number of hydrogen-bond acceptors (Lipinski definition) is 5. The summed E-state index contributed by atoms with van der Waals surface area (Å²) in [7, 11) is 0. The quantitative estimate of drug-likeness (QED) is 0.440. The molecule has 0 spiro atoms. The van der Waals surface area contributed by atoms with E-state index in [1.807, 2.05) is 48.5 Å². The van der Waals surface area contributed by atoms with E-state index in [0.717, 1.165) is 41.1 Å². The van der Waals surface area contributed by atoms with E-state index < -0.39 is 6.10 Å². The van der Waals surface area contributed by atoms with Gasteiger partial charge in [0.15, 0.2) is 6.10 Å². The van der Waals surface area contributed by atoms with Gasteiger partial charge in [-0.15, -0.1) is 0 Å². The van der Waals surface area contributed by atoms with Gasteiger partial charge in [-0.3, -0.25) is 9.89 Å². The fourth-order valence-electron chi connectivity index (χ4n) is 4.50. The first-order chi connectivity index (χ1) is 16.6. The minimum Gasteiger partial charge on any atom is -0.378 e. The Morgan fingerprint density at radius 2 is 1.79 bits per heavy atom. The number of rotatable bonds is 5. The van der Waals surface area contributed by atoms with E-state index >= 15 is 0 Å². The number of hydrogen-bond donors (Lipinski definition) is 2. The Bertz CT molecular complexity index is 1250. The van der Waals surface area contributed by atoms with Crippen LogP contribution in [-0.2, 0) is 4.79 Å². The molecular weight excluding hydrogens is 450 g/mol. The average Bonchev–Trinajstić information content (AvgIpc) is 3.34. The number of H-pyrrole nitrogens is 1. The minimum absolute atomic E-state index is 0.177. The first-order valence-corrected chi connectivity index (χ1v) is 11.6. The van der Waals surface area contributed by atoms with Crippen molar-refractivity contribution >= 4 is 17.5 Å². The molecule has 3 heterocycles. The van der Waals surface area contributed by atoms with Crippen molar-refractivity contribution in [2.75, 3.05) is 13.1 Å². The first-order valence-electron chi connectivity index (χ1n) is 11.2. The number of nitrogens with one attached hydrogen (secondary N) is 1. The van der Waals surface area contributed by atoms with Crippen LogP contribution in [0.15, 0.2) is 73.2 Å². The van der Waals surface area contributed by atoms with Crippen LogP contribution in [0.25, 0.3) is 22.5 Å². The number of aromatic nitrogens is 4. The summed E-state index contributed by atoms with van der Waals surface area (Å²) in [6, 6.07) is 18.5. The van der Waals surface area contributed by atoms with E-state index in [-0.39, 0.29) is 11.8 Å². The molecule has 34 heavy (non-hydrogen) atoms. The summed E-state index contributed by atoms with van der Waals surface area (Å²) < 4.78 is 0. The number of piperidine rings is 1. The largest absolute Gasteiger partial charge is 0.378 e. The second kappa shape index (κ2) is 9.75. The number of aliphatic hydroxyl groups excluding tert-OH is 1. The van der Waals surface area contributed by atoms with E-state index in [4.69, 9.17) is 11.6 Å². The number of benzene rings is 2. The van der Waals surface area contributed by atoms with Gasteiger partial charge in [0.1, 0.15) is 12.0 Å². The number of halogens is 1. The van der Waals surface area contributed by atoms with E-state index in [1.165, 1.54) is 6.33 Å². The molecular formula is C26H24ClN5O2. The Balaban J connectivity index is 1.39. The molecule has 5 rings (SSSR count). The number of likely N-dealkylation sites (tertiary alicyclic amines) is 1. The highest BCUT2D eigenvalue weighted by molar-refractivity contribution is 6.30. The molecule has 2 aromatic carbocycles. The normalized spacial score (nSPS) is 15.3. The number of carbonyl (C=O) groups excluding carboxylic acids is 1. The third-order valence-electron chi connectivity index (χ3n) is 6.31. The molecule has 1 aliphatic heterocycles. The van der Waals surface area contributed by atoms with E-state index in [2.05, 4.69) is 20.2 Å². The molecule has 0 aliphatic carbocycles. The maximum absolute atomic E-state index is 12.9. The standard InChI is InChI=1S/C26H24ClN5O2/c27-20-8-6-17(7-9-20)23-22(21-10-13-28-16-29-21)24(31-30-23)18-11-14-32(15-12-18)26(34)25(33)19-4-2-1-3-5-19/h1-10,13,16,18,25,33H,11-12,14-15H2,(H,30,31)/t25-/m1/s1. The Morgan fingerprint density at radius 1 is 1.06 bits per heavy atom. The highest BCUT2D eigenvalue weighted by Gasteiger charge is 2.31.